The Morgan fingerprint density at radius 3 is 2.41 bits per heavy atom. The summed E-state index contributed by atoms with van der Waals surface area (Å²) in [6.45, 7) is 7.72. The van der Waals surface area contributed by atoms with Crippen LogP contribution in [0.4, 0.5) is 20.2 Å². The summed E-state index contributed by atoms with van der Waals surface area (Å²) in [5.41, 5.74) is 0.983. The normalized spacial score (nSPS) is 23.1. The highest BCUT2D eigenvalue weighted by molar-refractivity contribution is 7.99. The Morgan fingerprint density at radius 2 is 1.67 bits per heavy atom. The maximum absolute atomic E-state index is 15.2. The second-order valence-corrected chi connectivity index (χ2v) is 16.7. The zero-order chi connectivity index (χ0) is 37.2. The third-order valence-electron chi connectivity index (χ3n) is 11.8. The molecule has 5 saturated heterocycles. The molecular weight excluding hydrogens is 717 g/mol. The molecule has 12 nitrogen and oxygen atoms in total. The van der Waals surface area contributed by atoms with E-state index in [0.29, 0.717) is 70.5 Å². The number of H-pyrrole nitrogens is 1. The first kappa shape index (κ1) is 37.1. The zero-order valence-electron chi connectivity index (χ0n) is 30.5. The Bertz CT molecular complexity index is 1890. The Hall–Kier alpha value is -3.79. The van der Waals surface area contributed by atoms with Crippen molar-refractivity contribution in [2.75, 3.05) is 69.3 Å². The first-order valence-electron chi connectivity index (χ1n) is 19.4. The number of benzene rings is 2. The van der Waals surface area contributed by atoms with Gasteiger partial charge >= 0.3 is 0 Å². The van der Waals surface area contributed by atoms with Crippen molar-refractivity contribution in [1.82, 2.24) is 25.1 Å². The van der Waals surface area contributed by atoms with E-state index in [4.69, 9.17) is 9.47 Å². The Kier molecular flexibility index (Phi) is 11.4. The van der Waals surface area contributed by atoms with Gasteiger partial charge in [0.15, 0.2) is 0 Å². The lowest BCUT2D eigenvalue weighted by atomic mass is 9.92. The molecule has 2 amide bonds. The highest BCUT2D eigenvalue weighted by Gasteiger charge is 2.38. The van der Waals surface area contributed by atoms with Crippen LogP contribution in [0.3, 0.4) is 0 Å². The number of nitrogens with one attached hydrogen (secondary N) is 3. The van der Waals surface area contributed by atoms with E-state index in [1.807, 2.05) is 0 Å². The molecule has 0 saturated carbocycles. The van der Waals surface area contributed by atoms with Gasteiger partial charge in [-0.3, -0.25) is 29.5 Å². The number of anilines is 2. The van der Waals surface area contributed by atoms with Gasteiger partial charge in [0.1, 0.15) is 34.6 Å². The number of imide groups is 1. The number of rotatable bonds is 11. The molecule has 0 radical (unpaired) electrons. The zero-order valence-corrected chi connectivity index (χ0v) is 31.3. The third-order valence-corrected chi connectivity index (χ3v) is 13.2. The predicted molar refractivity (Wildman–Crippen MR) is 204 cm³/mol. The number of amides is 2. The minimum absolute atomic E-state index is 0.0302. The summed E-state index contributed by atoms with van der Waals surface area (Å²) in [6.07, 6.45) is 6.62. The minimum atomic E-state index is -0.614. The quantitative estimate of drug-likeness (QED) is 0.242. The van der Waals surface area contributed by atoms with E-state index in [2.05, 4.69) is 35.3 Å². The smallest absolute Gasteiger partial charge is 0.261 e. The molecule has 15 heteroatoms. The van der Waals surface area contributed by atoms with Crippen LogP contribution < -0.4 is 25.8 Å². The summed E-state index contributed by atoms with van der Waals surface area (Å²) >= 11 is 1.75. The van der Waals surface area contributed by atoms with E-state index in [1.54, 1.807) is 30.0 Å². The first-order chi connectivity index (χ1) is 26.3. The number of aromatic nitrogens is 2. The van der Waals surface area contributed by atoms with Crippen molar-refractivity contribution in [2.45, 2.75) is 80.5 Å². The van der Waals surface area contributed by atoms with Crippen molar-refractivity contribution in [2.24, 2.45) is 5.92 Å². The lowest BCUT2D eigenvalue weighted by molar-refractivity contribution is -0.133. The van der Waals surface area contributed by atoms with Crippen LogP contribution in [0.5, 0.6) is 5.75 Å². The monoisotopic (exact) mass is 765 g/mol. The summed E-state index contributed by atoms with van der Waals surface area (Å²) < 4.78 is 41.8. The van der Waals surface area contributed by atoms with Gasteiger partial charge in [-0.1, -0.05) is 0 Å². The second-order valence-electron chi connectivity index (χ2n) is 15.4. The third kappa shape index (κ3) is 8.53. The van der Waals surface area contributed by atoms with Crippen LogP contribution >= 0.6 is 11.8 Å². The highest BCUT2D eigenvalue weighted by Crippen LogP contribution is 2.32. The number of thioether (sulfide) groups is 1. The summed E-state index contributed by atoms with van der Waals surface area (Å²) in [5.74, 6) is 0.319. The Balaban J connectivity index is 0.756. The van der Waals surface area contributed by atoms with E-state index < -0.39 is 17.4 Å². The predicted octanol–water partition coefficient (Wildman–Crippen LogP) is 4.27. The molecule has 3 N–H and O–H groups in total. The van der Waals surface area contributed by atoms with Gasteiger partial charge in [-0.2, -0.15) is 11.8 Å². The van der Waals surface area contributed by atoms with Gasteiger partial charge in [0.2, 0.25) is 11.8 Å². The van der Waals surface area contributed by atoms with Crippen molar-refractivity contribution >= 4 is 45.9 Å². The number of piperidine rings is 3. The lowest BCUT2D eigenvalue weighted by Crippen LogP contribution is -2.64. The second kappa shape index (κ2) is 16.5. The largest absolute Gasteiger partial charge is 0.493 e. The Morgan fingerprint density at radius 1 is 0.889 bits per heavy atom. The molecule has 6 heterocycles. The molecule has 5 aliphatic rings. The molecule has 8 rings (SSSR count). The average Bonchev–Trinajstić information content (AvgIpc) is 3.15. The molecule has 0 bridgehead atoms. The molecule has 5 fully saturated rings. The van der Waals surface area contributed by atoms with Gasteiger partial charge in [0.05, 0.1) is 23.6 Å². The molecule has 54 heavy (non-hydrogen) atoms. The van der Waals surface area contributed by atoms with Gasteiger partial charge in [0.25, 0.3) is 5.56 Å². The number of fused-ring (bicyclic) bond motifs is 1. The van der Waals surface area contributed by atoms with Crippen LogP contribution in [0.1, 0.15) is 57.2 Å². The Labute approximate surface area is 317 Å². The van der Waals surface area contributed by atoms with Crippen molar-refractivity contribution in [3.63, 3.8) is 0 Å². The van der Waals surface area contributed by atoms with E-state index in [9.17, 15) is 14.4 Å². The molecule has 2 aromatic carbocycles. The summed E-state index contributed by atoms with van der Waals surface area (Å²) in [7, 11) is 0. The van der Waals surface area contributed by atoms with Gasteiger partial charge in [0, 0.05) is 81.0 Å². The summed E-state index contributed by atoms with van der Waals surface area (Å²) in [5, 5.41) is 5.82. The van der Waals surface area contributed by atoms with Gasteiger partial charge in [-0.05, 0) is 82.2 Å². The molecule has 0 spiro atoms. The van der Waals surface area contributed by atoms with Gasteiger partial charge < -0.3 is 24.7 Å². The van der Waals surface area contributed by atoms with Crippen molar-refractivity contribution in [3.05, 3.63) is 58.1 Å². The van der Waals surface area contributed by atoms with Gasteiger partial charge in [-0.15, -0.1) is 0 Å². The van der Waals surface area contributed by atoms with E-state index in [0.717, 1.165) is 91.0 Å². The molecule has 290 valence electrons. The molecule has 3 aromatic rings. The van der Waals surface area contributed by atoms with Crippen LogP contribution in [0.25, 0.3) is 10.9 Å². The topological polar surface area (TPSA) is 132 Å². The van der Waals surface area contributed by atoms with Crippen molar-refractivity contribution in [3.8, 4) is 5.75 Å². The maximum atomic E-state index is 15.2. The van der Waals surface area contributed by atoms with E-state index >= 15 is 8.78 Å². The number of nitrogens with zero attached hydrogens (tertiary/aromatic N) is 4. The minimum Gasteiger partial charge on any atom is -0.493 e. The average molecular weight is 766 g/mol. The number of halogens is 2. The van der Waals surface area contributed by atoms with Gasteiger partial charge in [-0.25, -0.2) is 13.8 Å². The van der Waals surface area contributed by atoms with Crippen LogP contribution in [0.15, 0.2) is 35.1 Å². The maximum Gasteiger partial charge on any atom is 0.261 e. The van der Waals surface area contributed by atoms with Crippen LogP contribution in [0, 0.1) is 17.6 Å². The highest BCUT2D eigenvalue weighted by atomic mass is 32.2. The van der Waals surface area contributed by atoms with Crippen molar-refractivity contribution in [1.29, 1.82) is 0 Å². The summed E-state index contributed by atoms with van der Waals surface area (Å²) in [4.78, 5) is 50.9. The number of hydrogen-bond acceptors (Lipinski definition) is 11. The standard InChI is InChI=1S/C39H49F2N7O5S/c40-30-17-25(42-32-2-4-36(49)45-38(32)50)1-3-34(30)47-13-7-26(8-14-47)48-20-27(21-48)46-11-5-24(6-12-46)22-53-28-18-31(41)37-33(19-28)43-35(44-39(37)51)23-54-29-9-15-52-16-10-29/h1,3,17-19,24,26-27,29,32,42H,2,4-16,20-23H2,(H,43,44,51)(H,45,49,50)/t32-/m0/s1. The van der Waals surface area contributed by atoms with E-state index in [1.165, 1.54) is 12.1 Å². The molecule has 1 aromatic heterocycles. The number of ether oxygens (including phenoxy) is 2. The molecule has 0 unspecified atom stereocenters. The molecule has 1 atom stereocenters. The number of hydrogen-bond donors (Lipinski definition) is 3. The number of likely N-dealkylation sites (tertiary alicyclic amines) is 2. The molecular formula is C39H49F2N7O5S. The number of aromatic amines is 1. The van der Waals surface area contributed by atoms with Crippen LogP contribution in [-0.4, -0.2) is 114 Å². The molecule has 5 aliphatic heterocycles. The fourth-order valence-electron chi connectivity index (χ4n) is 8.51. The first-order valence-corrected chi connectivity index (χ1v) is 20.5. The fraction of sp³-hybridized carbons (Fsp3) is 0.590. The SMILES string of the molecule is O=C1CC[C@H](Nc2ccc(N3CCC(N4CC(N5CCC(COc6cc(F)c7c(=O)[nH]c(CSC8CCOCC8)nc7c6)CC5)C4)CC3)c(F)c2)C(=O)N1. The van der Waals surface area contributed by atoms with Crippen LogP contribution in [0.2, 0.25) is 0 Å². The van der Waals surface area contributed by atoms with Crippen LogP contribution in [-0.2, 0) is 20.1 Å². The lowest BCUT2D eigenvalue weighted by Gasteiger charge is -2.52. The molecule has 0 aliphatic carbocycles. The van der Waals surface area contributed by atoms with E-state index in [-0.39, 0.29) is 29.4 Å². The number of carbonyl (C=O) groups excluding carboxylic acids is 2. The summed E-state index contributed by atoms with van der Waals surface area (Å²) in [6, 6.07) is 8.51. The number of carbonyl (C=O) groups is 2. The fourth-order valence-corrected chi connectivity index (χ4v) is 9.57. The van der Waals surface area contributed by atoms with Crippen molar-refractivity contribution < 1.29 is 27.8 Å².